The number of carbonyl (C=O) groups is 1. The molecular weight excluding hydrogens is 205 g/mol. The Morgan fingerprint density at radius 3 is 2.15 bits per heavy atom. The summed E-state index contributed by atoms with van der Waals surface area (Å²) in [7, 11) is -4.45. The van der Waals surface area contributed by atoms with Gasteiger partial charge in [-0.25, -0.2) is 8.42 Å². The van der Waals surface area contributed by atoms with Crippen LogP contribution >= 0.6 is 0 Å². The topological polar surface area (TPSA) is 86.3 Å². The van der Waals surface area contributed by atoms with Gasteiger partial charge in [-0.3, -0.25) is 4.79 Å². The molecule has 1 amide bonds. The van der Waals surface area contributed by atoms with Crippen LogP contribution in [0.5, 0.6) is 0 Å². The standard InChI is InChI=1S/C6H11NO4S.Na/c1-4(2)6(8)7-5(3)12(9,10)11;/h5H,1H2,2-3H3,(H,7,8)(H,9,10,11);/q;+1/p-1. The Kier molecular flexibility index (Phi) is 6.91. The first-order valence-electron chi connectivity index (χ1n) is 3.16. The molecule has 7 heteroatoms. The number of hydrogen-bond donors (Lipinski definition) is 1. The van der Waals surface area contributed by atoms with Crippen LogP contribution in [0.1, 0.15) is 13.8 Å². The minimum Gasteiger partial charge on any atom is -0.746 e. The molecule has 0 aromatic heterocycles. The van der Waals surface area contributed by atoms with Crippen molar-refractivity contribution in [3.8, 4) is 0 Å². The summed E-state index contributed by atoms with van der Waals surface area (Å²) < 4.78 is 30.9. The van der Waals surface area contributed by atoms with Gasteiger partial charge in [0.2, 0.25) is 5.91 Å². The maximum Gasteiger partial charge on any atom is 1.00 e. The van der Waals surface area contributed by atoms with E-state index in [0.29, 0.717) is 0 Å². The number of hydrogen-bond acceptors (Lipinski definition) is 4. The van der Waals surface area contributed by atoms with Crippen LogP contribution < -0.4 is 34.9 Å². The van der Waals surface area contributed by atoms with Gasteiger partial charge in [0.1, 0.15) is 15.5 Å². The number of carbonyl (C=O) groups excluding carboxylic acids is 1. The molecule has 1 N–H and O–H groups in total. The minimum absolute atomic E-state index is 0. The minimum atomic E-state index is -4.45. The summed E-state index contributed by atoms with van der Waals surface area (Å²) in [6, 6.07) is 0. The van der Waals surface area contributed by atoms with Crippen molar-refractivity contribution in [2.75, 3.05) is 0 Å². The Hall–Kier alpha value is 0.120. The van der Waals surface area contributed by atoms with Gasteiger partial charge in [-0.15, -0.1) is 0 Å². The summed E-state index contributed by atoms with van der Waals surface area (Å²) in [5.74, 6) is -0.637. The fourth-order valence-electron chi connectivity index (χ4n) is 0.380. The molecule has 5 nitrogen and oxygen atoms in total. The third kappa shape index (κ3) is 6.23. The van der Waals surface area contributed by atoms with Gasteiger partial charge >= 0.3 is 29.6 Å². The van der Waals surface area contributed by atoms with E-state index in [2.05, 4.69) is 6.58 Å². The normalized spacial score (nSPS) is 12.5. The van der Waals surface area contributed by atoms with Crippen LogP contribution in [0.2, 0.25) is 0 Å². The molecule has 1 unspecified atom stereocenters. The molecule has 0 bridgehead atoms. The Morgan fingerprint density at radius 1 is 1.54 bits per heavy atom. The molecule has 0 aliphatic heterocycles. The van der Waals surface area contributed by atoms with Crippen molar-refractivity contribution >= 4 is 16.0 Å². The molecule has 0 aromatic rings. The quantitative estimate of drug-likeness (QED) is 0.302. The summed E-state index contributed by atoms with van der Waals surface area (Å²) >= 11 is 0. The number of nitrogens with one attached hydrogen (secondary N) is 1. The van der Waals surface area contributed by atoms with Gasteiger partial charge in [-0.1, -0.05) is 6.58 Å². The van der Waals surface area contributed by atoms with E-state index in [-0.39, 0.29) is 35.1 Å². The second-order valence-electron chi connectivity index (χ2n) is 2.39. The van der Waals surface area contributed by atoms with Crippen LogP contribution in [0.25, 0.3) is 0 Å². The molecule has 0 spiro atoms. The Morgan fingerprint density at radius 2 is 1.92 bits per heavy atom. The Balaban J connectivity index is 0. The molecule has 1 atom stereocenters. The molecule has 0 rings (SSSR count). The van der Waals surface area contributed by atoms with E-state index >= 15 is 0 Å². The first-order chi connectivity index (χ1) is 5.25. The second kappa shape index (κ2) is 5.77. The van der Waals surface area contributed by atoms with E-state index in [0.717, 1.165) is 6.92 Å². The van der Waals surface area contributed by atoms with E-state index in [4.69, 9.17) is 0 Å². The largest absolute Gasteiger partial charge is 1.00 e. The molecular formula is C6H10NNaO4S. The molecule has 0 heterocycles. The van der Waals surface area contributed by atoms with E-state index < -0.39 is 21.4 Å². The average molecular weight is 215 g/mol. The van der Waals surface area contributed by atoms with Gasteiger partial charge in [0.05, 0.1) is 0 Å². The smallest absolute Gasteiger partial charge is 0.746 e. The monoisotopic (exact) mass is 215 g/mol. The van der Waals surface area contributed by atoms with Gasteiger partial charge in [0.25, 0.3) is 0 Å². The van der Waals surface area contributed by atoms with Gasteiger partial charge < -0.3 is 9.87 Å². The van der Waals surface area contributed by atoms with E-state index in [1.165, 1.54) is 6.92 Å². The molecule has 0 aliphatic carbocycles. The van der Waals surface area contributed by atoms with Crippen molar-refractivity contribution in [3.63, 3.8) is 0 Å². The molecule has 70 valence electrons. The number of rotatable bonds is 3. The first kappa shape index (κ1) is 15.6. The molecule has 0 saturated carbocycles. The zero-order chi connectivity index (χ0) is 9.94. The molecule has 0 fully saturated rings. The summed E-state index contributed by atoms with van der Waals surface area (Å²) in [6.07, 6.45) is 0. The molecule has 0 radical (unpaired) electrons. The SMILES string of the molecule is C=C(C)C(=O)NC(C)S(=O)(=O)[O-].[Na+]. The number of amides is 1. The van der Waals surface area contributed by atoms with Gasteiger partial charge in [-0.05, 0) is 13.8 Å². The molecule has 0 saturated heterocycles. The summed E-state index contributed by atoms with van der Waals surface area (Å²) in [5.41, 5.74) is 0.158. The summed E-state index contributed by atoms with van der Waals surface area (Å²) in [4.78, 5) is 10.8. The van der Waals surface area contributed by atoms with E-state index in [1.54, 1.807) is 0 Å². The summed E-state index contributed by atoms with van der Waals surface area (Å²) in [6.45, 7) is 5.80. The van der Waals surface area contributed by atoms with Crippen LogP contribution in [0, 0.1) is 0 Å². The zero-order valence-electron chi connectivity index (χ0n) is 7.83. The fraction of sp³-hybridized carbons (Fsp3) is 0.500. The van der Waals surface area contributed by atoms with Crippen LogP contribution in [-0.2, 0) is 14.9 Å². The van der Waals surface area contributed by atoms with E-state index in [1.807, 2.05) is 5.32 Å². The van der Waals surface area contributed by atoms with Crippen LogP contribution in [0.4, 0.5) is 0 Å². The van der Waals surface area contributed by atoms with Crippen molar-refractivity contribution in [1.82, 2.24) is 5.32 Å². The van der Waals surface area contributed by atoms with Crippen LogP contribution in [-0.4, -0.2) is 24.3 Å². The van der Waals surface area contributed by atoms with Gasteiger partial charge in [0.15, 0.2) is 0 Å². The van der Waals surface area contributed by atoms with Crippen molar-refractivity contribution in [3.05, 3.63) is 12.2 Å². The third-order valence-electron chi connectivity index (χ3n) is 1.15. The zero-order valence-corrected chi connectivity index (χ0v) is 10.6. The van der Waals surface area contributed by atoms with Crippen LogP contribution in [0.15, 0.2) is 12.2 Å². The maximum absolute atomic E-state index is 10.8. The molecule has 13 heavy (non-hydrogen) atoms. The third-order valence-corrected chi connectivity index (χ3v) is 2.14. The van der Waals surface area contributed by atoms with Gasteiger partial charge in [0, 0.05) is 5.57 Å². The second-order valence-corrected chi connectivity index (χ2v) is 4.08. The summed E-state index contributed by atoms with van der Waals surface area (Å²) in [5, 5.41) is 0.565. The van der Waals surface area contributed by atoms with Crippen LogP contribution in [0.3, 0.4) is 0 Å². The van der Waals surface area contributed by atoms with Crippen molar-refractivity contribution < 1.29 is 47.3 Å². The average Bonchev–Trinajstić information content (AvgIpc) is 1.85. The Bertz CT molecular complexity index is 298. The molecule has 0 aromatic carbocycles. The first-order valence-corrected chi connectivity index (χ1v) is 4.63. The maximum atomic E-state index is 10.8. The Labute approximate surface area is 99.6 Å². The van der Waals surface area contributed by atoms with Crippen molar-refractivity contribution in [2.24, 2.45) is 0 Å². The molecule has 0 aliphatic rings. The van der Waals surface area contributed by atoms with E-state index in [9.17, 15) is 17.8 Å². The van der Waals surface area contributed by atoms with Crippen molar-refractivity contribution in [2.45, 2.75) is 19.2 Å². The van der Waals surface area contributed by atoms with Gasteiger partial charge in [-0.2, -0.15) is 0 Å². The van der Waals surface area contributed by atoms with Crippen molar-refractivity contribution in [1.29, 1.82) is 0 Å². The predicted octanol–water partition coefficient (Wildman–Crippen LogP) is -3.43. The predicted molar refractivity (Wildman–Crippen MR) is 42.1 cm³/mol. The fourth-order valence-corrected chi connectivity index (χ4v) is 0.631.